The zero-order valence-electron chi connectivity index (χ0n) is 11.7. The Kier molecular flexibility index (Phi) is 3.99. The van der Waals surface area contributed by atoms with E-state index in [1.165, 1.54) is 26.3 Å². The molecule has 0 heterocycles. The van der Waals surface area contributed by atoms with Crippen molar-refractivity contribution in [1.82, 2.24) is 10.0 Å². The summed E-state index contributed by atoms with van der Waals surface area (Å²) in [5.74, 6) is 0. The van der Waals surface area contributed by atoms with Crippen molar-refractivity contribution in [3.63, 3.8) is 0 Å². The highest BCUT2D eigenvalue weighted by atomic mass is 32.2. The summed E-state index contributed by atoms with van der Waals surface area (Å²) < 4.78 is 25.6. The van der Waals surface area contributed by atoms with Gasteiger partial charge in [0.2, 0.25) is 10.0 Å². The van der Waals surface area contributed by atoms with E-state index in [-0.39, 0.29) is 11.6 Å². The summed E-state index contributed by atoms with van der Waals surface area (Å²) in [6.07, 6.45) is 3.71. The van der Waals surface area contributed by atoms with Crippen molar-refractivity contribution in [2.24, 2.45) is 0 Å². The maximum atomic E-state index is 11.6. The first-order valence-electron chi connectivity index (χ1n) is 6.67. The average Bonchev–Trinajstić information content (AvgIpc) is 2.37. The van der Waals surface area contributed by atoms with E-state index in [0.717, 1.165) is 5.56 Å². The highest BCUT2D eigenvalue weighted by molar-refractivity contribution is 7.89. The van der Waals surface area contributed by atoms with E-state index in [9.17, 15) is 8.42 Å². The van der Waals surface area contributed by atoms with Crippen LogP contribution in [0.4, 0.5) is 0 Å². The normalized spacial score (nSPS) is 19.7. The molecule has 0 aliphatic heterocycles. The molecule has 0 amide bonds. The Bertz CT molecular complexity index is 533. The number of hydrogen-bond acceptors (Lipinski definition) is 3. The van der Waals surface area contributed by atoms with Gasteiger partial charge in [-0.1, -0.05) is 12.1 Å². The van der Waals surface area contributed by atoms with Crippen LogP contribution in [0.3, 0.4) is 0 Å². The van der Waals surface area contributed by atoms with Gasteiger partial charge in [-0.15, -0.1) is 0 Å². The highest BCUT2D eigenvalue weighted by Crippen LogP contribution is 2.33. The molecule has 0 unspecified atom stereocenters. The second kappa shape index (κ2) is 5.23. The topological polar surface area (TPSA) is 58.2 Å². The molecule has 1 saturated carbocycles. The third-order valence-corrected chi connectivity index (χ3v) is 5.41. The predicted octanol–water partition coefficient (Wildman–Crippen LogP) is 2.19. The number of sulfonamides is 1. The van der Waals surface area contributed by atoms with E-state index >= 15 is 0 Å². The molecule has 0 aromatic heterocycles. The van der Waals surface area contributed by atoms with Crippen molar-refractivity contribution in [2.45, 2.75) is 49.6 Å². The maximum absolute atomic E-state index is 11.6. The average molecular weight is 282 g/mol. The van der Waals surface area contributed by atoms with E-state index in [2.05, 4.69) is 23.9 Å². The Hall–Kier alpha value is -0.910. The molecule has 1 aliphatic carbocycles. The molecule has 1 aromatic rings. The van der Waals surface area contributed by atoms with Crippen LogP contribution in [0.15, 0.2) is 29.2 Å². The Labute approximate surface area is 115 Å². The molecule has 2 rings (SSSR count). The monoisotopic (exact) mass is 282 g/mol. The Morgan fingerprint density at radius 3 is 2.21 bits per heavy atom. The molecular formula is C14H22N2O2S. The summed E-state index contributed by atoms with van der Waals surface area (Å²) in [5, 5.41) is 3.62. The molecule has 1 aliphatic rings. The smallest absolute Gasteiger partial charge is 0.240 e. The van der Waals surface area contributed by atoms with Crippen molar-refractivity contribution >= 4 is 10.0 Å². The number of hydrogen-bond donors (Lipinski definition) is 2. The predicted molar refractivity (Wildman–Crippen MR) is 76.5 cm³/mol. The van der Waals surface area contributed by atoms with Crippen LogP contribution in [0, 0.1) is 0 Å². The van der Waals surface area contributed by atoms with Crippen molar-refractivity contribution in [3.8, 4) is 0 Å². The highest BCUT2D eigenvalue weighted by Gasteiger charge is 2.32. The van der Waals surface area contributed by atoms with Crippen LogP contribution in [0.25, 0.3) is 0 Å². The van der Waals surface area contributed by atoms with E-state index in [1.807, 2.05) is 12.1 Å². The van der Waals surface area contributed by atoms with Gasteiger partial charge in [0, 0.05) is 11.6 Å². The fourth-order valence-corrected chi connectivity index (χ4v) is 3.24. The van der Waals surface area contributed by atoms with Crippen LogP contribution in [0.1, 0.15) is 44.7 Å². The molecular weight excluding hydrogens is 260 g/mol. The molecule has 5 heteroatoms. The molecule has 0 spiro atoms. The summed E-state index contributed by atoms with van der Waals surface area (Å²) in [6, 6.07) is 7.30. The lowest BCUT2D eigenvalue weighted by Crippen LogP contribution is -2.49. The van der Waals surface area contributed by atoms with Crippen LogP contribution in [0.5, 0.6) is 0 Å². The minimum Gasteiger partial charge on any atom is -0.305 e. The summed E-state index contributed by atoms with van der Waals surface area (Å²) in [5.41, 5.74) is 1.36. The molecule has 0 bridgehead atoms. The van der Waals surface area contributed by atoms with Gasteiger partial charge in [0.1, 0.15) is 0 Å². The van der Waals surface area contributed by atoms with Crippen molar-refractivity contribution in [1.29, 1.82) is 0 Å². The second-order valence-corrected chi connectivity index (χ2v) is 7.44. The lowest BCUT2D eigenvalue weighted by molar-refractivity contribution is 0.190. The minimum atomic E-state index is -3.34. The quantitative estimate of drug-likeness (QED) is 0.870. The molecule has 2 N–H and O–H groups in total. The molecule has 1 atom stereocenters. The molecule has 106 valence electrons. The second-order valence-electron chi connectivity index (χ2n) is 5.56. The molecule has 19 heavy (non-hydrogen) atoms. The van der Waals surface area contributed by atoms with Crippen LogP contribution >= 0.6 is 0 Å². The zero-order valence-corrected chi connectivity index (χ0v) is 12.5. The van der Waals surface area contributed by atoms with Gasteiger partial charge >= 0.3 is 0 Å². The fourth-order valence-electron chi connectivity index (χ4n) is 2.51. The van der Waals surface area contributed by atoms with Gasteiger partial charge in [-0.2, -0.15) is 0 Å². The van der Waals surface area contributed by atoms with Gasteiger partial charge in [-0.25, -0.2) is 13.1 Å². The van der Waals surface area contributed by atoms with Gasteiger partial charge in [0.25, 0.3) is 0 Å². The summed E-state index contributed by atoms with van der Waals surface area (Å²) in [4.78, 5) is 0.306. The summed E-state index contributed by atoms with van der Waals surface area (Å²) in [6.45, 7) is 4.36. The van der Waals surface area contributed by atoms with Crippen LogP contribution in [-0.2, 0) is 10.0 Å². The van der Waals surface area contributed by atoms with Gasteiger partial charge in [0.15, 0.2) is 0 Å². The third kappa shape index (κ3) is 3.16. The molecule has 0 radical (unpaired) electrons. The fraction of sp³-hybridized carbons (Fsp3) is 0.571. The first-order chi connectivity index (χ1) is 8.86. The van der Waals surface area contributed by atoms with Gasteiger partial charge in [-0.3, -0.25) is 0 Å². The third-order valence-electron chi connectivity index (χ3n) is 3.98. The molecule has 1 fully saturated rings. The van der Waals surface area contributed by atoms with Crippen molar-refractivity contribution in [3.05, 3.63) is 29.8 Å². The molecule has 0 saturated heterocycles. The zero-order chi connectivity index (χ0) is 14.1. The first-order valence-corrected chi connectivity index (χ1v) is 8.16. The SMILES string of the molecule is CNS(=O)(=O)c1ccc([C@H](C)NC2(C)CCC2)cc1. The standard InChI is InChI=1S/C14H22N2O2S/c1-11(16-14(2)9-4-10-14)12-5-7-13(8-6-12)19(17,18)15-3/h5-8,11,15-16H,4,9-10H2,1-3H3/t11-/m0/s1. The van der Waals surface area contributed by atoms with Gasteiger partial charge < -0.3 is 5.32 Å². The minimum absolute atomic E-state index is 0.233. The van der Waals surface area contributed by atoms with E-state index < -0.39 is 10.0 Å². The number of benzene rings is 1. The molecule has 1 aromatic carbocycles. The summed E-state index contributed by atoms with van der Waals surface area (Å²) in [7, 11) is -1.92. The lowest BCUT2D eigenvalue weighted by atomic mass is 9.78. The first kappa shape index (κ1) is 14.5. The van der Waals surface area contributed by atoms with E-state index in [4.69, 9.17) is 0 Å². The molecule has 4 nitrogen and oxygen atoms in total. The van der Waals surface area contributed by atoms with Crippen molar-refractivity contribution in [2.75, 3.05) is 7.05 Å². The largest absolute Gasteiger partial charge is 0.305 e. The van der Waals surface area contributed by atoms with Gasteiger partial charge in [0.05, 0.1) is 4.90 Å². The Balaban J connectivity index is 2.10. The summed E-state index contributed by atoms with van der Waals surface area (Å²) >= 11 is 0. The number of rotatable bonds is 5. The Morgan fingerprint density at radius 2 is 1.79 bits per heavy atom. The van der Waals surface area contributed by atoms with E-state index in [0.29, 0.717) is 4.90 Å². The maximum Gasteiger partial charge on any atom is 0.240 e. The van der Waals surface area contributed by atoms with Gasteiger partial charge in [-0.05, 0) is 57.9 Å². The van der Waals surface area contributed by atoms with Crippen LogP contribution in [0.2, 0.25) is 0 Å². The van der Waals surface area contributed by atoms with Crippen LogP contribution < -0.4 is 10.0 Å². The van der Waals surface area contributed by atoms with Crippen molar-refractivity contribution < 1.29 is 8.42 Å². The van der Waals surface area contributed by atoms with Crippen LogP contribution in [-0.4, -0.2) is 21.0 Å². The lowest BCUT2D eigenvalue weighted by Gasteiger charge is -2.41. The Morgan fingerprint density at radius 1 is 1.21 bits per heavy atom. The number of nitrogens with one attached hydrogen (secondary N) is 2. The van der Waals surface area contributed by atoms with E-state index in [1.54, 1.807) is 12.1 Å².